The van der Waals surface area contributed by atoms with E-state index in [4.69, 9.17) is 9.47 Å². The number of nitrogens with zero attached hydrogens (tertiary/aromatic N) is 1. The molecular weight excluding hydrogens is 252 g/mol. The van der Waals surface area contributed by atoms with E-state index in [9.17, 15) is 0 Å². The summed E-state index contributed by atoms with van der Waals surface area (Å²) in [7, 11) is 0. The third kappa shape index (κ3) is 2.91. The number of hydrogen-bond donors (Lipinski definition) is 1. The minimum atomic E-state index is 0.0434. The highest BCUT2D eigenvalue weighted by molar-refractivity contribution is 5.40. The minimum Gasteiger partial charge on any atom is -0.486 e. The molecule has 0 saturated heterocycles. The van der Waals surface area contributed by atoms with Gasteiger partial charge in [0.05, 0.1) is 0 Å². The molecule has 1 unspecified atom stereocenters. The fourth-order valence-electron chi connectivity index (χ4n) is 2.21. The van der Waals surface area contributed by atoms with Gasteiger partial charge in [0.2, 0.25) is 0 Å². The van der Waals surface area contributed by atoms with Crippen LogP contribution in [0.25, 0.3) is 0 Å². The lowest BCUT2D eigenvalue weighted by Gasteiger charge is -2.26. The molecule has 0 spiro atoms. The SMILES string of the molecule is Cc1ccncc1CNCC1COc2ccccc2O1. The smallest absolute Gasteiger partial charge is 0.161 e. The average molecular weight is 270 g/mol. The molecule has 3 rings (SSSR count). The molecule has 20 heavy (non-hydrogen) atoms. The van der Waals surface area contributed by atoms with E-state index in [0.29, 0.717) is 6.61 Å². The highest BCUT2D eigenvalue weighted by atomic mass is 16.6. The van der Waals surface area contributed by atoms with Crippen LogP contribution in [0.2, 0.25) is 0 Å². The van der Waals surface area contributed by atoms with Crippen LogP contribution >= 0.6 is 0 Å². The molecule has 4 nitrogen and oxygen atoms in total. The highest BCUT2D eigenvalue weighted by Crippen LogP contribution is 2.30. The van der Waals surface area contributed by atoms with Crippen molar-refractivity contribution in [3.05, 3.63) is 53.9 Å². The Morgan fingerprint density at radius 1 is 1.25 bits per heavy atom. The Kier molecular flexibility index (Phi) is 3.83. The second-order valence-electron chi connectivity index (χ2n) is 4.93. The van der Waals surface area contributed by atoms with Gasteiger partial charge in [0.25, 0.3) is 0 Å². The van der Waals surface area contributed by atoms with Crippen molar-refractivity contribution < 1.29 is 9.47 Å². The zero-order chi connectivity index (χ0) is 13.8. The van der Waals surface area contributed by atoms with Crippen molar-refractivity contribution in [2.45, 2.75) is 19.6 Å². The largest absolute Gasteiger partial charge is 0.486 e. The van der Waals surface area contributed by atoms with E-state index in [1.807, 2.05) is 42.7 Å². The molecule has 2 aromatic rings. The molecule has 1 aliphatic rings. The first kappa shape index (κ1) is 12.9. The molecule has 0 saturated carbocycles. The average Bonchev–Trinajstić information content (AvgIpc) is 2.49. The number of nitrogens with one attached hydrogen (secondary N) is 1. The van der Waals surface area contributed by atoms with Crippen molar-refractivity contribution in [1.29, 1.82) is 0 Å². The van der Waals surface area contributed by atoms with E-state index in [0.717, 1.165) is 24.6 Å². The van der Waals surface area contributed by atoms with Crippen LogP contribution in [-0.2, 0) is 6.54 Å². The van der Waals surface area contributed by atoms with Gasteiger partial charge in [-0.05, 0) is 36.2 Å². The fraction of sp³-hybridized carbons (Fsp3) is 0.312. The first-order chi connectivity index (χ1) is 9.83. The third-order valence-electron chi connectivity index (χ3n) is 3.40. The van der Waals surface area contributed by atoms with E-state index >= 15 is 0 Å². The molecule has 0 amide bonds. The first-order valence-electron chi connectivity index (χ1n) is 6.81. The molecule has 1 aliphatic heterocycles. The van der Waals surface area contributed by atoms with Crippen LogP contribution in [-0.4, -0.2) is 24.2 Å². The summed E-state index contributed by atoms with van der Waals surface area (Å²) in [5.41, 5.74) is 2.46. The molecule has 0 aliphatic carbocycles. The number of benzene rings is 1. The van der Waals surface area contributed by atoms with Gasteiger partial charge in [-0.3, -0.25) is 4.98 Å². The standard InChI is InChI=1S/C16H18N2O2/c1-12-6-7-17-8-13(12)9-18-10-14-11-19-15-4-2-3-5-16(15)20-14/h2-8,14,18H,9-11H2,1H3. The van der Waals surface area contributed by atoms with Gasteiger partial charge in [0.15, 0.2) is 11.5 Å². The Labute approximate surface area is 118 Å². The van der Waals surface area contributed by atoms with Gasteiger partial charge < -0.3 is 14.8 Å². The highest BCUT2D eigenvalue weighted by Gasteiger charge is 2.19. The molecule has 0 radical (unpaired) electrons. The molecular formula is C16H18N2O2. The van der Waals surface area contributed by atoms with Gasteiger partial charge in [-0.25, -0.2) is 0 Å². The van der Waals surface area contributed by atoms with Crippen molar-refractivity contribution in [2.24, 2.45) is 0 Å². The summed E-state index contributed by atoms with van der Waals surface area (Å²) in [4.78, 5) is 4.14. The van der Waals surface area contributed by atoms with Gasteiger partial charge in [-0.15, -0.1) is 0 Å². The summed E-state index contributed by atoms with van der Waals surface area (Å²) in [5.74, 6) is 1.65. The molecule has 1 atom stereocenters. The summed E-state index contributed by atoms with van der Waals surface area (Å²) in [6.45, 7) is 4.22. The Morgan fingerprint density at radius 2 is 2.10 bits per heavy atom. The van der Waals surface area contributed by atoms with Crippen molar-refractivity contribution in [3.8, 4) is 11.5 Å². The van der Waals surface area contributed by atoms with Crippen LogP contribution in [0.5, 0.6) is 11.5 Å². The Bertz CT molecular complexity index is 586. The van der Waals surface area contributed by atoms with Crippen molar-refractivity contribution in [3.63, 3.8) is 0 Å². The lowest BCUT2D eigenvalue weighted by atomic mass is 10.1. The maximum atomic E-state index is 5.90. The van der Waals surface area contributed by atoms with E-state index in [1.165, 1.54) is 11.1 Å². The zero-order valence-electron chi connectivity index (χ0n) is 11.5. The Hall–Kier alpha value is -2.07. The molecule has 104 valence electrons. The van der Waals surface area contributed by atoms with Crippen LogP contribution in [0.4, 0.5) is 0 Å². The number of rotatable bonds is 4. The zero-order valence-corrected chi connectivity index (χ0v) is 11.5. The molecule has 1 aromatic carbocycles. The minimum absolute atomic E-state index is 0.0434. The topological polar surface area (TPSA) is 43.4 Å². The first-order valence-corrected chi connectivity index (χ1v) is 6.81. The summed E-state index contributed by atoms with van der Waals surface area (Å²) in [6.07, 6.45) is 3.76. The molecule has 4 heteroatoms. The maximum Gasteiger partial charge on any atom is 0.161 e. The number of aryl methyl sites for hydroxylation is 1. The van der Waals surface area contributed by atoms with Gasteiger partial charge in [0.1, 0.15) is 12.7 Å². The number of aromatic nitrogens is 1. The van der Waals surface area contributed by atoms with Crippen LogP contribution < -0.4 is 14.8 Å². The predicted octanol–water partition coefficient (Wildman–Crippen LogP) is 2.32. The summed E-state index contributed by atoms with van der Waals surface area (Å²) < 4.78 is 11.6. The summed E-state index contributed by atoms with van der Waals surface area (Å²) in [6, 6.07) is 9.79. The second kappa shape index (κ2) is 5.92. The fourth-order valence-corrected chi connectivity index (χ4v) is 2.21. The van der Waals surface area contributed by atoms with E-state index in [-0.39, 0.29) is 6.10 Å². The van der Waals surface area contributed by atoms with Gasteiger partial charge >= 0.3 is 0 Å². The monoisotopic (exact) mass is 270 g/mol. The molecule has 0 fully saturated rings. The quantitative estimate of drug-likeness (QED) is 0.926. The van der Waals surface area contributed by atoms with Gasteiger partial charge in [-0.2, -0.15) is 0 Å². The van der Waals surface area contributed by atoms with Crippen LogP contribution in [0, 0.1) is 6.92 Å². The van der Waals surface area contributed by atoms with Gasteiger partial charge in [-0.1, -0.05) is 12.1 Å². The van der Waals surface area contributed by atoms with Crippen molar-refractivity contribution in [2.75, 3.05) is 13.2 Å². The Morgan fingerprint density at radius 3 is 2.95 bits per heavy atom. The number of fused-ring (bicyclic) bond motifs is 1. The van der Waals surface area contributed by atoms with Crippen LogP contribution in [0.15, 0.2) is 42.7 Å². The van der Waals surface area contributed by atoms with E-state index in [2.05, 4.69) is 17.2 Å². The van der Waals surface area contributed by atoms with Crippen LogP contribution in [0.1, 0.15) is 11.1 Å². The summed E-state index contributed by atoms with van der Waals surface area (Å²) >= 11 is 0. The number of para-hydroxylation sites is 2. The number of pyridine rings is 1. The van der Waals surface area contributed by atoms with Gasteiger partial charge in [0, 0.05) is 25.5 Å². The second-order valence-corrected chi connectivity index (χ2v) is 4.93. The van der Waals surface area contributed by atoms with Crippen molar-refractivity contribution in [1.82, 2.24) is 10.3 Å². The van der Waals surface area contributed by atoms with E-state index < -0.39 is 0 Å². The number of hydrogen-bond acceptors (Lipinski definition) is 4. The van der Waals surface area contributed by atoms with Crippen molar-refractivity contribution >= 4 is 0 Å². The molecule has 1 aromatic heterocycles. The van der Waals surface area contributed by atoms with E-state index in [1.54, 1.807) is 0 Å². The lowest BCUT2D eigenvalue weighted by Crippen LogP contribution is -2.38. The molecule has 2 heterocycles. The third-order valence-corrected chi connectivity index (χ3v) is 3.40. The Balaban J connectivity index is 1.52. The predicted molar refractivity (Wildman–Crippen MR) is 77.0 cm³/mol. The lowest BCUT2D eigenvalue weighted by molar-refractivity contribution is 0.0902. The summed E-state index contributed by atoms with van der Waals surface area (Å²) in [5, 5.41) is 3.40. The molecule has 0 bridgehead atoms. The van der Waals surface area contributed by atoms with Crippen LogP contribution in [0.3, 0.4) is 0 Å². The number of ether oxygens (including phenoxy) is 2. The molecule has 1 N–H and O–H groups in total. The normalized spacial score (nSPS) is 16.9. The maximum absolute atomic E-state index is 5.90.